The van der Waals surface area contributed by atoms with E-state index in [1.807, 2.05) is 19.1 Å². The molecule has 0 aliphatic heterocycles. The summed E-state index contributed by atoms with van der Waals surface area (Å²) in [6.45, 7) is 6.39. The molecular weight excluding hydrogens is 246 g/mol. The smallest absolute Gasteiger partial charge is 0.169 e. The summed E-state index contributed by atoms with van der Waals surface area (Å²) in [5, 5.41) is 3.26. The second-order valence-electron chi connectivity index (χ2n) is 3.10. The van der Waals surface area contributed by atoms with Crippen LogP contribution in [0.4, 0.5) is 0 Å². The second kappa shape index (κ2) is 6.22. The molecule has 1 N–H and O–H groups in total. The minimum atomic E-state index is 0.249. The molecule has 14 heavy (non-hydrogen) atoms. The zero-order valence-electron chi connectivity index (χ0n) is 8.55. The van der Waals surface area contributed by atoms with Crippen LogP contribution in [0.2, 0.25) is 0 Å². The second-order valence-corrected chi connectivity index (χ2v) is 3.88. The molecule has 0 bridgehead atoms. The predicted octanol–water partition coefficient (Wildman–Crippen LogP) is 2.56. The lowest BCUT2D eigenvalue weighted by atomic mass is 10.4. The number of nitrogens with one attached hydrogen (secondary N) is 1. The van der Waals surface area contributed by atoms with E-state index < -0.39 is 0 Å². The summed E-state index contributed by atoms with van der Waals surface area (Å²) < 4.78 is 11.5. The Bertz CT molecular complexity index is 262. The highest BCUT2D eigenvalue weighted by atomic mass is 79.9. The third-order valence-corrected chi connectivity index (χ3v) is 2.24. The van der Waals surface area contributed by atoms with Gasteiger partial charge in [0.25, 0.3) is 0 Å². The molecule has 0 saturated carbocycles. The van der Waals surface area contributed by atoms with Crippen molar-refractivity contribution >= 4 is 15.9 Å². The Morgan fingerprint density at radius 3 is 2.93 bits per heavy atom. The summed E-state index contributed by atoms with van der Waals surface area (Å²) in [7, 11) is 0. The van der Waals surface area contributed by atoms with Crippen LogP contribution >= 0.6 is 15.9 Å². The van der Waals surface area contributed by atoms with Crippen LogP contribution in [0.5, 0.6) is 0 Å². The van der Waals surface area contributed by atoms with Gasteiger partial charge in [-0.05, 0) is 41.9 Å². The average Bonchev–Trinajstić information content (AvgIpc) is 2.52. The molecule has 1 unspecified atom stereocenters. The molecular formula is C10H16BrNO2. The van der Waals surface area contributed by atoms with Crippen LogP contribution < -0.4 is 5.32 Å². The normalized spacial score (nSPS) is 13.1. The van der Waals surface area contributed by atoms with Crippen molar-refractivity contribution in [3.05, 3.63) is 22.6 Å². The Kier molecular flexibility index (Phi) is 5.22. The molecule has 0 aliphatic rings. The molecule has 1 aromatic rings. The van der Waals surface area contributed by atoms with Crippen molar-refractivity contribution < 1.29 is 9.15 Å². The molecule has 0 aromatic carbocycles. The molecule has 1 aromatic heterocycles. The van der Waals surface area contributed by atoms with Gasteiger partial charge in [-0.3, -0.25) is 0 Å². The molecule has 4 heteroatoms. The van der Waals surface area contributed by atoms with Crippen LogP contribution in [0.1, 0.15) is 19.6 Å². The molecule has 1 rings (SSSR count). The highest BCUT2D eigenvalue weighted by Crippen LogP contribution is 2.13. The monoisotopic (exact) mass is 261 g/mol. The van der Waals surface area contributed by atoms with Gasteiger partial charge < -0.3 is 14.5 Å². The topological polar surface area (TPSA) is 34.4 Å². The van der Waals surface area contributed by atoms with Crippen molar-refractivity contribution in [2.24, 2.45) is 0 Å². The predicted molar refractivity (Wildman–Crippen MR) is 59.2 cm³/mol. The van der Waals surface area contributed by atoms with Crippen molar-refractivity contribution in [3.63, 3.8) is 0 Å². The number of ether oxygens (including phenoxy) is 1. The fourth-order valence-electron chi connectivity index (χ4n) is 1.19. The number of rotatable bonds is 6. The lowest BCUT2D eigenvalue weighted by Gasteiger charge is -2.11. The van der Waals surface area contributed by atoms with E-state index in [9.17, 15) is 0 Å². The number of hydrogen-bond donors (Lipinski definition) is 1. The molecule has 0 amide bonds. The van der Waals surface area contributed by atoms with Gasteiger partial charge in [0.05, 0.1) is 12.6 Å². The SMILES string of the molecule is CCOC(C)CNCc1ccc(Br)o1. The van der Waals surface area contributed by atoms with Gasteiger partial charge in [-0.25, -0.2) is 0 Å². The van der Waals surface area contributed by atoms with Gasteiger partial charge in [0.2, 0.25) is 0 Å². The minimum absolute atomic E-state index is 0.249. The van der Waals surface area contributed by atoms with E-state index in [1.54, 1.807) is 0 Å². The van der Waals surface area contributed by atoms with Gasteiger partial charge in [-0.1, -0.05) is 0 Å². The summed E-state index contributed by atoms with van der Waals surface area (Å²) in [4.78, 5) is 0. The largest absolute Gasteiger partial charge is 0.453 e. The van der Waals surface area contributed by atoms with Gasteiger partial charge in [-0.2, -0.15) is 0 Å². The maximum Gasteiger partial charge on any atom is 0.169 e. The van der Waals surface area contributed by atoms with E-state index in [4.69, 9.17) is 9.15 Å². The van der Waals surface area contributed by atoms with Gasteiger partial charge in [-0.15, -0.1) is 0 Å². The number of furan rings is 1. The third-order valence-electron chi connectivity index (χ3n) is 1.81. The van der Waals surface area contributed by atoms with Crippen LogP contribution in [-0.2, 0) is 11.3 Å². The van der Waals surface area contributed by atoms with Crippen molar-refractivity contribution in [1.29, 1.82) is 0 Å². The van der Waals surface area contributed by atoms with Crippen molar-refractivity contribution in [2.75, 3.05) is 13.2 Å². The molecule has 0 aliphatic carbocycles. The Hall–Kier alpha value is -0.320. The van der Waals surface area contributed by atoms with E-state index in [2.05, 4.69) is 28.2 Å². The first-order valence-electron chi connectivity index (χ1n) is 4.79. The van der Waals surface area contributed by atoms with Crippen LogP contribution in [0.25, 0.3) is 0 Å². The molecule has 0 saturated heterocycles. The molecule has 1 heterocycles. The van der Waals surface area contributed by atoms with E-state index in [-0.39, 0.29) is 6.10 Å². The quantitative estimate of drug-likeness (QED) is 0.855. The van der Waals surface area contributed by atoms with E-state index in [0.717, 1.165) is 30.1 Å². The van der Waals surface area contributed by atoms with Gasteiger partial charge in [0.1, 0.15) is 5.76 Å². The molecule has 0 fully saturated rings. The zero-order valence-corrected chi connectivity index (χ0v) is 10.1. The summed E-state index contributed by atoms with van der Waals surface area (Å²) in [5.41, 5.74) is 0. The molecule has 80 valence electrons. The minimum Gasteiger partial charge on any atom is -0.453 e. The van der Waals surface area contributed by atoms with Crippen LogP contribution in [0.15, 0.2) is 21.2 Å². The van der Waals surface area contributed by atoms with Gasteiger partial charge in [0.15, 0.2) is 4.67 Å². The standard InChI is InChI=1S/C10H16BrNO2/c1-3-13-8(2)6-12-7-9-4-5-10(11)14-9/h4-5,8,12H,3,6-7H2,1-2H3. The van der Waals surface area contributed by atoms with Crippen LogP contribution in [-0.4, -0.2) is 19.3 Å². The first-order valence-corrected chi connectivity index (χ1v) is 5.58. The number of hydrogen-bond acceptors (Lipinski definition) is 3. The molecule has 3 nitrogen and oxygen atoms in total. The third kappa shape index (κ3) is 4.26. The van der Waals surface area contributed by atoms with Crippen LogP contribution in [0.3, 0.4) is 0 Å². The summed E-state index contributed by atoms with van der Waals surface area (Å²) in [6, 6.07) is 3.84. The summed E-state index contributed by atoms with van der Waals surface area (Å²) in [5.74, 6) is 0.931. The average molecular weight is 262 g/mol. The van der Waals surface area contributed by atoms with Gasteiger partial charge in [0, 0.05) is 13.2 Å². The highest BCUT2D eigenvalue weighted by molar-refractivity contribution is 9.10. The number of halogens is 1. The molecule has 0 spiro atoms. The lowest BCUT2D eigenvalue weighted by Crippen LogP contribution is -2.26. The van der Waals surface area contributed by atoms with Gasteiger partial charge >= 0.3 is 0 Å². The van der Waals surface area contributed by atoms with Crippen molar-refractivity contribution in [2.45, 2.75) is 26.5 Å². The zero-order chi connectivity index (χ0) is 10.4. The summed E-state index contributed by atoms with van der Waals surface area (Å²) in [6.07, 6.45) is 0.249. The first kappa shape index (κ1) is 11.8. The van der Waals surface area contributed by atoms with E-state index >= 15 is 0 Å². The van der Waals surface area contributed by atoms with Crippen molar-refractivity contribution in [1.82, 2.24) is 5.32 Å². The summed E-state index contributed by atoms with van der Waals surface area (Å²) >= 11 is 3.26. The Labute approximate surface area is 92.9 Å². The Morgan fingerprint density at radius 2 is 2.36 bits per heavy atom. The molecule has 0 radical (unpaired) electrons. The fraction of sp³-hybridized carbons (Fsp3) is 0.600. The van der Waals surface area contributed by atoms with E-state index in [0.29, 0.717) is 0 Å². The molecule has 1 atom stereocenters. The fourth-order valence-corrected chi connectivity index (χ4v) is 1.53. The Balaban J connectivity index is 2.15. The maximum absolute atomic E-state index is 5.38. The maximum atomic E-state index is 5.38. The Morgan fingerprint density at radius 1 is 1.57 bits per heavy atom. The van der Waals surface area contributed by atoms with Crippen LogP contribution in [0, 0.1) is 0 Å². The highest BCUT2D eigenvalue weighted by Gasteiger charge is 2.02. The first-order chi connectivity index (χ1) is 6.72. The van der Waals surface area contributed by atoms with E-state index in [1.165, 1.54) is 0 Å². The lowest BCUT2D eigenvalue weighted by molar-refractivity contribution is 0.0756. The van der Waals surface area contributed by atoms with Crippen molar-refractivity contribution in [3.8, 4) is 0 Å².